The van der Waals surface area contributed by atoms with Gasteiger partial charge < -0.3 is 146 Å². The predicted octanol–water partition coefficient (Wildman–Crippen LogP) is -7.47. The lowest BCUT2D eigenvalue weighted by Gasteiger charge is -2.30. The van der Waals surface area contributed by atoms with E-state index in [2.05, 4.69) is 121 Å². The molecular weight excluding hydrogens is 1830 g/mol. The third-order valence-electron chi connectivity index (χ3n) is 21.9. The fraction of sp³-hybridized carbons (Fsp3) is 0.759. The van der Waals surface area contributed by atoms with Crippen molar-refractivity contribution < 1.29 is 111 Å². The fourth-order valence-corrected chi connectivity index (χ4v) is 14.0. The van der Waals surface area contributed by atoms with Gasteiger partial charge in [-0.3, -0.25) is 95.9 Å². The smallest absolute Gasteiger partial charge is 0.327 e. The van der Waals surface area contributed by atoms with Crippen molar-refractivity contribution in [3.63, 3.8) is 0 Å². The molecule has 0 unspecified atom stereocenters. The summed E-state index contributed by atoms with van der Waals surface area (Å²) in [5.41, 5.74) is 39.9. The fourth-order valence-electron chi connectivity index (χ4n) is 13.6. The minimum Gasteiger partial charge on any atom is -0.480 e. The van der Waals surface area contributed by atoms with Crippen molar-refractivity contribution in [2.75, 3.05) is 57.4 Å². The molecule has 0 saturated heterocycles. The van der Waals surface area contributed by atoms with Crippen molar-refractivity contribution in [1.82, 2.24) is 95.7 Å². The molecule has 17 atom stereocenters. The summed E-state index contributed by atoms with van der Waals surface area (Å²) in [6.45, 7) is 23.3. The van der Waals surface area contributed by atoms with Gasteiger partial charge in [-0.05, 0) is 163 Å². The predicted molar refractivity (Wildman–Crippen MR) is 514 cm³/mol. The maximum absolute atomic E-state index is 14.4. The quantitative estimate of drug-likeness (QED) is 0.0199. The molecular formula is C87H159N25O23S2. The van der Waals surface area contributed by atoms with Gasteiger partial charge in [-0.2, -0.15) is 25.3 Å². The minimum atomic E-state index is -1.75. The number of carbonyl (C=O) groups excluding carboxylic acids is 20. The summed E-state index contributed by atoms with van der Waals surface area (Å²) in [4.78, 5) is 287. The van der Waals surface area contributed by atoms with Crippen molar-refractivity contribution in [2.24, 2.45) is 87.5 Å². The van der Waals surface area contributed by atoms with E-state index in [1.54, 1.807) is 111 Å². The van der Waals surface area contributed by atoms with Crippen molar-refractivity contribution in [1.29, 1.82) is 0 Å². The first-order chi connectivity index (χ1) is 64.1. The molecule has 0 heterocycles. The zero-order valence-corrected chi connectivity index (χ0v) is 83.8. The van der Waals surface area contributed by atoms with Crippen molar-refractivity contribution in [3.8, 4) is 0 Å². The topological polar surface area (TPSA) is 798 Å². The molecule has 34 N–H and O–H groups in total. The summed E-state index contributed by atoms with van der Waals surface area (Å²) in [7, 11) is 0. The summed E-state index contributed by atoms with van der Waals surface area (Å²) in [6, 6.07) is -23.7. The van der Waals surface area contributed by atoms with Crippen LogP contribution in [0.3, 0.4) is 0 Å². The molecule has 50 heteroatoms. The van der Waals surface area contributed by atoms with Crippen LogP contribution in [0.5, 0.6) is 0 Å². The van der Waals surface area contributed by atoms with E-state index < -0.39 is 320 Å². The maximum atomic E-state index is 14.4. The number of carbonyl (C=O) groups is 21. The minimum absolute atomic E-state index is 0.00495. The molecule has 137 heavy (non-hydrogen) atoms. The van der Waals surface area contributed by atoms with Crippen LogP contribution >= 0.6 is 25.3 Å². The number of unbranched alkanes of at least 4 members (excludes halogenated alkanes) is 4. The van der Waals surface area contributed by atoms with Gasteiger partial charge in [-0.15, -0.1) is 0 Å². The van der Waals surface area contributed by atoms with E-state index in [0.29, 0.717) is 38.5 Å². The highest BCUT2D eigenvalue weighted by Crippen LogP contribution is 2.18. The second kappa shape index (κ2) is 66.8. The maximum Gasteiger partial charge on any atom is 0.327 e. The monoisotopic (exact) mass is 1990 g/mol. The summed E-state index contributed by atoms with van der Waals surface area (Å²) < 4.78 is 0. The number of thiol groups is 2. The van der Waals surface area contributed by atoms with Crippen molar-refractivity contribution >= 4 is 149 Å². The van der Waals surface area contributed by atoms with Gasteiger partial charge in [0.1, 0.15) is 96.7 Å². The van der Waals surface area contributed by atoms with Crippen LogP contribution in [-0.4, -0.2) is 294 Å². The van der Waals surface area contributed by atoms with E-state index in [0.717, 1.165) is 0 Å². The Bertz CT molecular complexity index is 3950. The summed E-state index contributed by atoms with van der Waals surface area (Å²) in [6.07, 6.45) is 0.963. The second-order valence-corrected chi connectivity index (χ2v) is 37.3. The molecule has 0 rings (SSSR count). The Labute approximate surface area is 813 Å². The summed E-state index contributed by atoms with van der Waals surface area (Å²) in [5.74, 6) is -24.9. The number of rotatable bonds is 70. The molecule has 20 amide bonds. The molecule has 48 nitrogen and oxygen atoms in total. The summed E-state index contributed by atoms with van der Waals surface area (Å²) in [5, 5.41) is 65.4. The molecule has 0 aromatic heterocycles. The molecule has 0 saturated carbocycles. The lowest BCUT2D eigenvalue weighted by molar-refractivity contribution is -0.142. The van der Waals surface area contributed by atoms with E-state index in [-0.39, 0.29) is 76.2 Å². The number of primary amides is 2. The zero-order chi connectivity index (χ0) is 105. The Morgan fingerprint density at radius 3 is 0.672 bits per heavy atom. The van der Waals surface area contributed by atoms with Gasteiger partial charge >= 0.3 is 5.97 Å². The molecule has 0 fully saturated rings. The first-order valence-corrected chi connectivity index (χ1v) is 48.0. The second-order valence-electron chi connectivity index (χ2n) is 36.5. The first-order valence-electron chi connectivity index (χ1n) is 46.7. The average Bonchev–Trinajstić information content (AvgIpc) is 0.847. The Kier molecular flexibility index (Phi) is 61.6. The molecule has 0 radical (unpaired) electrons. The normalized spacial score (nSPS) is 15.2. The third kappa shape index (κ3) is 48.0. The molecule has 0 aliphatic heterocycles. The van der Waals surface area contributed by atoms with Gasteiger partial charge in [-0.1, -0.05) is 111 Å². The molecule has 0 bridgehead atoms. The zero-order valence-electron chi connectivity index (χ0n) is 82.0. The van der Waals surface area contributed by atoms with E-state index in [4.69, 9.17) is 40.1 Å². The Balaban J connectivity index is 6.64. The highest BCUT2D eigenvalue weighted by Gasteiger charge is 2.42. The number of aliphatic hydroxyl groups is 1. The number of nitrogens with one attached hydrogen (secondary N) is 18. The molecule has 0 aliphatic rings. The van der Waals surface area contributed by atoms with E-state index in [9.17, 15) is 111 Å². The highest BCUT2D eigenvalue weighted by atomic mass is 32.1. The van der Waals surface area contributed by atoms with E-state index in [1.807, 2.05) is 0 Å². The van der Waals surface area contributed by atoms with Crippen LogP contribution in [0.4, 0.5) is 0 Å². The number of aliphatic carboxylic acids is 1. The van der Waals surface area contributed by atoms with Crippen LogP contribution in [0.25, 0.3) is 0 Å². The van der Waals surface area contributed by atoms with Crippen LogP contribution in [0.15, 0.2) is 0 Å². The van der Waals surface area contributed by atoms with Crippen molar-refractivity contribution in [2.45, 2.75) is 316 Å². The van der Waals surface area contributed by atoms with Crippen LogP contribution in [0.1, 0.15) is 214 Å². The number of hydrogen-bond donors (Lipinski definition) is 29. The largest absolute Gasteiger partial charge is 0.480 e. The number of amides is 20. The van der Waals surface area contributed by atoms with Gasteiger partial charge in [0, 0.05) is 24.3 Å². The Hall–Kier alpha value is -10.7. The van der Waals surface area contributed by atoms with Gasteiger partial charge in [-0.25, -0.2) is 4.79 Å². The number of aliphatic hydroxyl groups excluding tert-OH is 1. The number of carboxylic acid groups (broad SMARTS) is 1. The molecule has 0 aromatic rings. The van der Waals surface area contributed by atoms with Crippen LogP contribution in [-0.2, 0) is 101 Å². The van der Waals surface area contributed by atoms with Crippen LogP contribution < -0.4 is 136 Å². The van der Waals surface area contributed by atoms with E-state index >= 15 is 0 Å². The SMILES string of the molecule is CC(C)[C@H](NC(=O)CNC(=O)[C@H](CO)NC(=O)CNC(=O)[C@@H](NC(=O)[C@H](CCCCN)NC(=O)[C@@H](NC(=O)[C@H](CCC(N)=O)NC(=O)[C@@H](NC(=O)[C@H](CCCCN)NC(=O)[C@@H](NC(=O)[C@@H](N)CS)C(C)C)C(C)C)C(C)C)C(C)C)C(=O)N[C@@H](CCCCN)C(=O)N[C@H](C(=O)N[C@@H](CCC(N)=O)C(=O)N[C@H](C(=O)N[C@@H](CCCCN)C(=O)N[C@H](C(=O)N[C@@H](CS)C(=O)O)C(C)C)C(C)C)C(C)C. The van der Waals surface area contributed by atoms with Crippen LogP contribution in [0, 0.1) is 47.3 Å². The molecule has 0 aromatic carbocycles. The number of carboxylic acids is 1. The van der Waals surface area contributed by atoms with Crippen molar-refractivity contribution in [3.05, 3.63) is 0 Å². The highest BCUT2D eigenvalue weighted by molar-refractivity contribution is 7.80. The summed E-state index contributed by atoms with van der Waals surface area (Å²) >= 11 is 8.04. The van der Waals surface area contributed by atoms with Gasteiger partial charge in [0.15, 0.2) is 0 Å². The van der Waals surface area contributed by atoms with Gasteiger partial charge in [0.25, 0.3) is 0 Å². The van der Waals surface area contributed by atoms with E-state index in [1.165, 1.54) is 0 Å². The lowest BCUT2D eigenvalue weighted by atomic mass is 9.98. The number of hydrogen-bond acceptors (Lipinski definition) is 29. The van der Waals surface area contributed by atoms with Gasteiger partial charge in [0.2, 0.25) is 118 Å². The molecule has 0 aliphatic carbocycles. The lowest BCUT2D eigenvalue weighted by Crippen LogP contribution is -2.62. The van der Waals surface area contributed by atoms with Crippen LogP contribution in [0.2, 0.25) is 0 Å². The Morgan fingerprint density at radius 1 is 0.248 bits per heavy atom. The molecule has 0 spiro atoms. The third-order valence-corrected chi connectivity index (χ3v) is 22.7. The standard InChI is InChI=1S/C87H159N25O23S2/c1-42(2)63(107-73(120)51(25-17-21-33-88)100-82(129)66(45(7)8)111-77(124)55(29-31-59(93)114)103-85(132)69(48(13)14)109-75(122)53(27-19-23-35-90)99-81(128)65(44(5)6)106-71(118)50(92)40-136)79(126)96-37-61(116)97-57(39-113)72(119)95-38-62(117)105-64(43(3)4)80(127)98-52(26-18-22-34-89)74(121)108-68(47(11)12)84(131)102-56(30-32-60(94)115)78(125)112-67(46(9)10)83(130)101-54(28-20-24-36-91)76(123)110-70(49(15)16)86(133)104-58(41-137)87(134)135/h42-58,63-70,113,136-137H,17-41,88-92H2,1-16H3,(H2,93,114)(H2,94,115)(H,95,119)(H,96,126)(H,97,116)(H,98,127)(H,99,128)(H,100,129)(H,101,130)(H,102,131)(H,103,132)(H,104,133)(H,105,117)(H,106,118)(H,107,120)(H,108,121)(H,109,122)(H,110,123)(H,111,124)(H,112,125)(H,134,135)/t50-,51-,52-,53-,54-,55-,56-,57-,58-,63-,64-,65-,66-,67-,68-,69-,70-/m0/s1. The van der Waals surface area contributed by atoms with Gasteiger partial charge in [0.05, 0.1) is 25.7 Å². The molecule has 782 valence electrons. The average molecular weight is 1990 g/mol. The Morgan fingerprint density at radius 2 is 0.460 bits per heavy atom. The number of nitrogens with two attached hydrogens (primary N) is 7. The first kappa shape index (κ1) is 126.